The number of aryl methyl sites for hydroxylation is 1. The number of alkyl halides is 1. The molecule has 7 aliphatic rings. The Morgan fingerprint density at radius 2 is 1.75 bits per heavy atom. The number of carbonyl (C=O) groups excluding carboxylic acids is 5. The molecule has 4 N–H and O–H groups in total. The molecule has 1 aromatic heterocycles. The van der Waals surface area contributed by atoms with E-state index in [1.807, 2.05) is 37.1 Å². The molecule has 5 fully saturated rings. The Kier molecular flexibility index (Phi) is 15.2. The van der Waals surface area contributed by atoms with Crippen LogP contribution in [0.15, 0.2) is 47.1 Å². The molecule has 75 heavy (non-hydrogen) atoms. The smallest absolute Gasteiger partial charge is 0.324 e. The summed E-state index contributed by atoms with van der Waals surface area (Å²) in [5.41, 5.74) is 16.4. The maximum Gasteiger partial charge on any atom is 0.324 e. The number of rotatable bonds is 12. The van der Waals surface area contributed by atoms with Gasteiger partial charge in [-0.15, -0.1) is 0 Å². The van der Waals surface area contributed by atoms with Crippen LogP contribution in [0.25, 0.3) is 27.6 Å². The number of nitrogens with two attached hydrogens (primary N) is 1. The Morgan fingerprint density at radius 3 is 2.48 bits per heavy atom. The molecular weight excluding hydrogens is 952 g/mol. The summed E-state index contributed by atoms with van der Waals surface area (Å²) in [5.74, 6) is -1.51. The van der Waals surface area contributed by atoms with Gasteiger partial charge in [-0.2, -0.15) is 0 Å². The molecule has 404 valence electrons. The van der Waals surface area contributed by atoms with E-state index in [2.05, 4.69) is 54.3 Å². The number of allylic oxidation sites excluding steroid dienone is 1. The molecular formula is C59H79FN8O7. The maximum atomic E-state index is 15.3. The Morgan fingerprint density at radius 1 is 0.973 bits per heavy atom. The van der Waals surface area contributed by atoms with Crippen LogP contribution in [0.5, 0.6) is 0 Å². The normalized spacial score (nSPS) is 26.2. The number of methoxy groups -OCH3 is 1. The number of hydrogen-bond acceptors (Lipinski definition) is 10. The predicted octanol–water partition coefficient (Wildman–Crippen LogP) is 7.44. The fourth-order valence-electron chi connectivity index (χ4n) is 13.5. The molecule has 6 bridgehead atoms. The number of amides is 4. The van der Waals surface area contributed by atoms with Crippen molar-refractivity contribution in [2.75, 3.05) is 39.9 Å². The van der Waals surface area contributed by atoms with Crippen LogP contribution < -0.4 is 16.5 Å². The van der Waals surface area contributed by atoms with Gasteiger partial charge in [0, 0.05) is 80.4 Å². The van der Waals surface area contributed by atoms with E-state index in [4.69, 9.17) is 20.2 Å². The summed E-state index contributed by atoms with van der Waals surface area (Å²) in [6.07, 6.45) is 11.4. The van der Waals surface area contributed by atoms with Crippen LogP contribution in [0, 0.1) is 28.6 Å². The van der Waals surface area contributed by atoms with Crippen LogP contribution in [0.3, 0.4) is 0 Å². The first-order chi connectivity index (χ1) is 36.0. The lowest BCUT2D eigenvalue weighted by Gasteiger charge is -2.37. The first kappa shape index (κ1) is 53.0. The lowest BCUT2D eigenvalue weighted by Crippen LogP contribution is -2.62. The highest BCUT2D eigenvalue weighted by atomic mass is 19.1. The van der Waals surface area contributed by atoms with E-state index in [1.54, 1.807) is 18.1 Å². The summed E-state index contributed by atoms with van der Waals surface area (Å²) >= 11 is 0. The van der Waals surface area contributed by atoms with Crippen LogP contribution in [0.2, 0.25) is 0 Å². The first-order valence-electron chi connectivity index (χ1n) is 28.1. The Balaban J connectivity index is 1.01. The molecule has 6 heterocycles. The monoisotopic (exact) mass is 1030 g/mol. The molecule has 2 aromatic carbocycles. The second kappa shape index (κ2) is 21.5. The van der Waals surface area contributed by atoms with Crippen molar-refractivity contribution >= 4 is 52.3 Å². The molecule has 1 spiro atoms. The first-order valence-corrected chi connectivity index (χ1v) is 28.1. The van der Waals surface area contributed by atoms with Crippen molar-refractivity contribution in [3.63, 3.8) is 0 Å². The van der Waals surface area contributed by atoms with Gasteiger partial charge in [0.25, 0.3) is 5.91 Å². The SMILES string of the molecule is CCn1c(C2=C([C@H](C)OC)N=CCC2)c2c3cc(ccc31)-c1cc(CF)cc(c1)C[C@H](NC(=O)[C@H](C1CCCC1)N1CC[C@]3(CCN(C(=O)[C@H](C)[C@H](N)C4CC4)C3)C1=O)C(=O)N1CCC[C@H](N1)C(=O)OCC(C)(C)C2. The van der Waals surface area contributed by atoms with Crippen LogP contribution in [-0.4, -0.2) is 125 Å². The highest BCUT2D eigenvalue weighted by Gasteiger charge is 2.56. The molecule has 3 saturated heterocycles. The summed E-state index contributed by atoms with van der Waals surface area (Å²) in [5, 5.41) is 5.66. The molecule has 3 aromatic rings. The number of fused-ring (bicyclic) bond motifs is 6. The number of benzene rings is 2. The van der Waals surface area contributed by atoms with E-state index in [0.29, 0.717) is 81.9 Å². The molecule has 2 aliphatic carbocycles. The highest BCUT2D eigenvalue weighted by molar-refractivity contribution is 5.97. The average molecular weight is 1030 g/mol. The average Bonchev–Trinajstić information content (AvgIpc) is 3.68. The number of aromatic nitrogens is 1. The van der Waals surface area contributed by atoms with Gasteiger partial charge < -0.3 is 34.9 Å². The Hall–Kier alpha value is -5.45. The van der Waals surface area contributed by atoms with Gasteiger partial charge in [0.2, 0.25) is 17.7 Å². The highest BCUT2D eigenvalue weighted by Crippen LogP contribution is 2.46. The number of halogens is 1. The van der Waals surface area contributed by atoms with E-state index in [9.17, 15) is 14.4 Å². The standard InChI is InChI=1S/C59H79FN8O7/c1-7-66-48-19-18-41-30-44(48)45(52(66)43-14-10-22-62-50(43)36(3)74-6)31-58(4,5)34-75-56(72)46-15-11-23-68(64-46)55(71)47(29-37-26-38(32-60)28-42(41)27-37)63-53(69)51(40-12-8-9-13-40)67-25-21-59(57(67)73)20-24-65(33-59)54(70)35(2)49(61)39-16-17-39/h18-19,22,26-28,30,35-36,39-40,46-47,49,51,64H,7-17,20-21,23-25,29,31-34,61H2,1-6H3,(H,63,69)/t35-,36+,46+,47+,49+,51+,59+/m1/s1. The summed E-state index contributed by atoms with van der Waals surface area (Å²) in [6.45, 7) is 11.8. The second-order valence-electron chi connectivity index (χ2n) is 23.8. The zero-order valence-corrected chi connectivity index (χ0v) is 45.1. The summed E-state index contributed by atoms with van der Waals surface area (Å²) in [7, 11) is 1.70. The fourth-order valence-corrected chi connectivity index (χ4v) is 13.5. The Labute approximate surface area is 441 Å². The van der Waals surface area contributed by atoms with E-state index < -0.39 is 53.4 Å². The minimum atomic E-state index is -1.14. The van der Waals surface area contributed by atoms with Crippen LogP contribution >= 0.6 is 0 Å². The largest absolute Gasteiger partial charge is 0.464 e. The molecule has 15 nitrogen and oxygen atoms in total. The minimum absolute atomic E-state index is 0.0115. The van der Waals surface area contributed by atoms with Crippen LogP contribution in [0.4, 0.5) is 4.39 Å². The minimum Gasteiger partial charge on any atom is -0.464 e. The molecule has 4 amide bonds. The van der Waals surface area contributed by atoms with Gasteiger partial charge in [0.1, 0.15) is 24.8 Å². The van der Waals surface area contributed by atoms with Gasteiger partial charge in [0.15, 0.2) is 0 Å². The van der Waals surface area contributed by atoms with Gasteiger partial charge in [-0.1, -0.05) is 51.8 Å². The van der Waals surface area contributed by atoms with E-state index in [1.165, 1.54) is 5.01 Å². The van der Waals surface area contributed by atoms with Crippen molar-refractivity contribution in [2.24, 2.45) is 39.3 Å². The number of ether oxygens (including phenoxy) is 2. The number of esters is 1. The molecule has 2 saturated carbocycles. The third-order valence-corrected chi connectivity index (χ3v) is 18.0. The lowest BCUT2D eigenvalue weighted by molar-refractivity contribution is -0.155. The number of nitrogens with one attached hydrogen (secondary N) is 2. The van der Waals surface area contributed by atoms with Crippen molar-refractivity contribution in [3.05, 3.63) is 64.5 Å². The molecule has 7 atom stereocenters. The second-order valence-corrected chi connectivity index (χ2v) is 23.8. The third kappa shape index (κ3) is 10.4. The summed E-state index contributed by atoms with van der Waals surface area (Å²) in [6, 6.07) is 9.01. The quantitative estimate of drug-likeness (QED) is 0.156. The van der Waals surface area contributed by atoms with Gasteiger partial charge in [-0.05, 0) is 142 Å². The van der Waals surface area contributed by atoms with Crippen molar-refractivity contribution in [2.45, 2.75) is 168 Å². The fraction of sp³-hybridized carbons (Fsp3) is 0.627. The molecule has 10 rings (SSSR count). The van der Waals surface area contributed by atoms with Gasteiger partial charge in [0.05, 0.1) is 35.4 Å². The predicted molar refractivity (Wildman–Crippen MR) is 286 cm³/mol. The van der Waals surface area contributed by atoms with Gasteiger partial charge >= 0.3 is 5.97 Å². The van der Waals surface area contributed by atoms with Gasteiger partial charge in [-0.3, -0.25) is 34.0 Å². The molecule has 16 heteroatoms. The van der Waals surface area contributed by atoms with Crippen molar-refractivity contribution < 1.29 is 37.8 Å². The molecule has 5 aliphatic heterocycles. The lowest BCUT2D eigenvalue weighted by atomic mass is 9.83. The molecule has 0 radical (unpaired) electrons. The number of aliphatic imine (C=N–C) groups is 1. The third-order valence-electron chi connectivity index (χ3n) is 18.0. The summed E-state index contributed by atoms with van der Waals surface area (Å²) in [4.78, 5) is 81.7. The van der Waals surface area contributed by atoms with Crippen LogP contribution in [-0.2, 0) is 59.5 Å². The summed E-state index contributed by atoms with van der Waals surface area (Å²) < 4.78 is 29.6. The van der Waals surface area contributed by atoms with Crippen LogP contribution in [0.1, 0.15) is 134 Å². The topological polar surface area (TPSA) is 181 Å². The zero-order valence-electron chi connectivity index (χ0n) is 45.1. The zero-order chi connectivity index (χ0) is 52.9. The number of likely N-dealkylation sites (tertiary alicyclic amines) is 2. The van der Waals surface area contributed by atoms with E-state index >= 15 is 14.0 Å². The maximum absolute atomic E-state index is 15.3. The van der Waals surface area contributed by atoms with E-state index in [0.717, 1.165) is 95.9 Å². The number of cyclic esters (lactones) is 1. The van der Waals surface area contributed by atoms with Crippen molar-refractivity contribution in [1.29, 1.82) is 0 Å². The van der Waals surface area contributed by atoms with E-state index in [-0.39, 0.29) is 48.8 Å². The molecule has 0 unspecified atom stereocenters. The number of nitrogens with zero attached hydrogens (tertiary/aromatic N) is 5. The van der Waals surface area contributed by atoms with Gasteiger partial charge in [-0.25, -0.2) is 9.82 Å². The number of hydrazine groups is 1. The number of hydrogen-bond donors (Lipinski definition) is 3. The number of carbonyl (C=O) groups is 5. The van der Waals surface area contributed by atoms with Crippen molar-refractivity contribution in [1.82, 2.24) is 30.1 Å². The van der Waals surface area contributed by atoms with Crippen molar-refractivity contribution in [3.8, 4) is 11.1 Å². The Bertz CT molecular complexity index is 2780.